The SMILES string of the molecule is [2H]c1c([2H])c([2H])c(-c2nc3cc(-c4cc5sc6cc7ccccc7cc6c5cc4-n4c5c([2H])c([2H])c([2H])c([2H])c5c5c([2H])c6c([2H])c([2H])c([2H])c([2H])c6c([2H])c54)ccc3o2)c([2H])c1[2H]. The van der Waals surface area contributed by atoms with Gasteiger partial charge in [0.2, 0.25) is 5.89 Å². The van der Waals surface area contributed by atoms with E-state index in [1.54, 1.807) is 18.2 Å². The average Bonchev–Trinajstić information content (AvgIpc) is 3.98. The number of rotatable bonds is 3. The molecule has 0 amide bonds. The highest BCUT2D eigenvalue weighted by Crippen LogP contribution is 2.44. The Kier molecular flexibility index (Phi) is 3.36. The van der Waals surface area contributed by atoms with Crippen molar-refractivity contribution < 1.29 is 25.0 Å². The zero-order valence-corrected chi connectivity index (χ0v) is 25.9. The van der Waals surface area contributed by atoms with E-state index < -0.39 is 90.6 Å². The molecule has 8 aromatic carbocycles. The smallest absolute Gasteiger partial charge is 0.227 e. The molecule has 11 rings (SSSR count). The molecule has 3 aromatic heterocycles. The van der Waals surface area contributed by atoms with Crippen molar-refractivity contribution in [3.63, 3.8) is 0 Å². The molecule has 0 atom stereocenters. The standard InChI is InChI=1S/C45H26N2OS/c1-2-10-27(11-3-1)45-46-38-22-32(18-19-42(38)48-45)34-26-44-37(36-21-29-13-5-7-15-31(29)24-43(36)49-44)25-41(34)47-39-17-9-8-16-33(39)35-20-28-12-4-6-14-30(28)23-40(35)47/h1-26H/i1D,2D,3D,4D,6D,8D,9D,10D,11D,12D,14D,16D,17D,20D,23D. The molecule has 0 unspecified atom stereocenters. The molecule has 0 saturated carbocycles. The van der Waals surface area contributed by atoms with Crippen LogP contribution in [0.2, 0.25) is 0 Å². The number of aromatic nitrogens is 2. The molecular formula is C45H26N2OS. The van der Waals surface area contributed by atoms with Crippen molar-refractivity contribution in [3.05, 3.63) is 157 Å². The van der Waals surface area contributed by atoms with Crippen LogP contribution in [0.5, 0.6) is 0 Å². The first-order valence-corrected chi connectivity index (χ1v) is 16.1. The van der Waals surface area contributed by atoms with Crippen LogP contribution in [0.25, 0.3) is 103 Å². The van der Waals surface area contributed by atoms with E-state index in [0.717, 1.165) is 30.9 Å². The lowest BCUT2D eigenvalue weighted by molar-refractivity contribution is 0.620. The largest absolute Gasteiger partial charge is 0.436 e. The molecule has 0 N–H and O–H groups in total. The van der Waals surface area contributed by atoms with Crippen molar-refractivity contribution in [2.24, 2.45) is 0 Å². The van der Waals surface area contributed by atoms with Gasteiger partial charge < -0.3 is 8.98 Å². The van der Waals surface area contributed by atoms with Crippen LogP contribution in [-0.2, 0) is 0 Å². The highest BCUT2D eigenvalue weighted by Gasteiger charge is 2.20. The van der Waals surface area contributed by atoms with Gasteiger partial charge in [0, 0.05) is 42.1 Å². The fourth-order valence-corrected chi connectivity index (χ4v) is 7.85. The van der Waals surface area contributed by atoms with Crippen molar-refractivity contribution in [1.29, 1.82) is 0 Å². The Morgan fingerprint density at radius 2 is 1.31 bits per heavy atom. The molecule has 3 nitrogen and oxygen atoms in total. The Labute approximate surface area is 306 Å². The zero-order valence-electron chi connectivity index (χ0n) is 40.1. The number of para-hydroxylation sites is 1. The van der Waals surface area contributed by atoms with Crippen molar-refractivity contribution in [1.82, 2.24) is 9.55 Å². The third kappa shape index (κ3) is 4.05. The number of hydrogen-bond donors (Lipinski definition) is 0. The summed E-state index contributed by atoms with van der Waals surface area (Å²) in [7, 11) is 0. The first kappa shape index (κ1) is 16.2. The van der Waals surface area contributed by atoms with Crippen LogP contribution in [0.4, 0.5) is 0 Å². The van der Waals surface area contributed by atoms with Crippen molar-refractivity contribution in [3.8, 4) is 28.3 Å². The van der Waals surface area contributed by atoms with Gasteiger partial charge >= 0.3 is 0 Å². The van der Waals surface area contributed by atoms with Gasteiger partial charge in [-0.25, -0.2) is 4.98 Å². The fraction of sp³-hybridized carbons (Fsp3) is 0. The van der Waals surface area contributed by atoms with E-state index in [4.69, 9.17) is 19.5 Å². The van der Waals surface area contributed by atoms with Crippen LogP contribution in [0, 0.1) is 0 Å². The summed E-state index contributed by atoms with van der Waals surface area (Å²) in [5.41, 5.74) is 1.42. The van der Waals surface area contributed by atoms with Gasteiger partial charge in [0.15, 0.2) is 5.58 Å². The summed E-state index contributed by atoms with van der Waals surface area (Å²) >= 11 is 1.53. The first-order chi connectivity index (χ1) is 30.5. The van der Waals surface area contributed by atoms with Gasteiger partial charge in [-0.05, 0) is 93.7 Å². The predicted octanol–water partition coefficient (Wildman–Crippen LogP) is 12.9. The van der Waals surface area contributed by atoms with Crippen LogP contribution in [0.15, 0.2) is 162 Å². The van der Waals surface area contributed by atoms with Crippen LogP contribution < -0.4 is 0 Å². The maximum atomic E-state index is 9.75. The zero-order chi connectivity index (χ0) is 45.1. The average molecular weight is 658 g/mol. The van der Waals surface area contributed by atoms with Crippen molar-refractivity contribution >= 4 is 86.0 Å². The van der Waals surface area contributed by atoms with Crippen molar-refractivity contribution in [2.75, 3.05) is 0 Å². The Morgan fingerprint density at radius 3 is 2.18 bits per heavy atom. The Balaban J connectivity index is 1.31. The van der Waals surface area contributed by atoms with Crippen LogP contribution in [0.3, 0.4) is 0 Å². The summed E-state index contributed by atoms with van der Waals surface area (Å²) in [6, 6.07) is 12.9. The number of oxazole rings is 1. The monoisotopic (exact) mass is 657 g/mol. The van der Waals surface area contributed by atoms with E-state index in [0.29, 0.717) is 16.8 Å². The molecule has 0 radical (unpaired) electrons. The third-order valence-electron chi connectivity index (χ3n) is 8.89. The molecule has 0 fully saturated rings. The summed E-state index contributed by atoms with van der Waals surface area (Å²) in [6.45, 7) is 0. The second-order valence-electron chi connectivity index (χ2n) is 11.6. The molecule has 4 heteroatoms. The number of thiophene rings is 1. The minimum Gasteiger partial charge on any atom is -0.436 e. The summed E-state index contributed by atoms with van der Waals surface area (Å²) in [5, 5.41) is 2.96. The molecule has 0 saturated heterocycles. The van der Waals surface area contributed by atoms with Crippen LogP contribution >= 0.6 is 11.3 Å². The highest BCUT2D eigenvalue weighted by molar-refractivity contribution is 7.26. The minimum atomic E-state index is -0.613. The van der Waals surface area contributed by atoms with E-state index in [9.17, 15) is 5.48 Å². The molecule has 11 aromatic rings. The Bertz CT molecular complexity index is 3960. The number of nitrogens with zero attached hydrogens (tertiary/aromatic N) is 2. The summed E-state index contributed by atoms with van der Waals surface area (Å²) < 4.78 is 141. The van der Waals surface area contributed by atoms with Crippen LogP contribution in [-0.4, -0.2) is 9.55 Å². The summed E-state index contributed by atoms with van der Waals surface area (Å²) in [5.74, 6) is -0.201. The minimum absolute atomic E-state index is 0.0684. The maximum Gasteiger partial charge on any atom is 0.227 e. The van der Waals surface area contributed by atoms with E-state index in [-0.39, 0.29) is 55.1 Å². The molecule has 0 aliphatic carbocycles. The first-order valence-electron chi connectivity index (χ1n) is 22.8. The molecule has 0 aliphatic heterocycles. The highest BCUT2D eigenvalue weighted by atomic mass is 32.1. The second kappa shape index (κ2) is 10.1. The second-order valence-corrected chi connectivity index (χ2v) is 12.7. The molecule has 0 spiro atoms. The molecule has 3 heterocycles. The van der Waals surface area contributed by atoms with E-state index in [1.165, 1.54) is 15.9 Å². The van der Waals surface area contributed by atoms with Crippen molar-refractivity contribution in [2.45, 2.75) is 0 Å². The molecule has 228 valence electrons. The van der Waals surface area contributed by atoms with Gasteiger partial charge in [0.1, 0.15) is 5.52 Å². The summed E-state index contributed by atoms with van der Waals surface area (Å²) in [4.78, 5) is 4.60. The number of fused-ring (bicyclic) bond motifs is 9. The Hall–Kier alpha value is -6.23. The van der Waals surface area contributed by atoms with E-state index in [2.05, 4.69) is 17.1 Å². The van der Waals surface area contributed by atoms with Gasteiger partial charge in [0.05, 0.1) is 37.3 Å². The van der Waals surface area contributed by atoms with Gasteiger partial charge in [-0.2, -0.15) is 0 Å². The van der Waals surface area contributed by atoms with Crippen LogP contribution in [0.1, 0.15) is 20.6 Å². The number of benzene rings is 8. The molecule has 49 heavy (non-hydrogen) atoms. The number of hydrogen-bond acceptors (Lipinski definition) is 3. The van der Waals surface area contributed by atoms with Gasteiger partial charge in [-0.15, -0.1) is 11.3 Å². The lowest BCUT2D eigenvalue weighted by Crippen LogP contribution is -1.97. The third-order valence-corrected chi connectivity index (χ3v) is 10.0. The van der Waals surface area contributed by atoms with Gasteiger partial charge in [-0.1, -0.05) is 90.8 Å². The lowest BCUT2D eigenvalue weighted by atomic mass is 9.99. The normalized spacial score (nSPS) is 16.4. The topological polar surface area (TPSA) is 31.0 Å². The fourth-order valence-electron chi connectivity index (χ4n) is 6.69. The van der Waals surface area contributed by atoms with E-state index in [1.807, 2.05) is 36.4 Å². The van der Waals surface area contributed by atoms with Gasteiger partial charge in [0.25, 0.3) is 0 Å². The predicted molar refractivity (Wildman–Crippen MR) is 207 cm³/mol. The van der Waals surface area contributed by atoms with E-state index >= 15 is 0 Å². The molecule has 0 bridgehead atoms. The molecule has 0 aliphatic rings. The quantitative estimate of drug-likeness (QED) is 0.189. The Morgan fingerprint density at radius 1 is 0.571 bits per heavy atom. The lowest BCUT2D eigenvalue weighted by Gasteiger charge is -2.15. The molecular weight excluding hydrogens is 617 g/mol. The summed E-state index contributed by atoms with van der Waals surface area (Å²) in [6.07, 6.45) is 0. The van der Waals surface area contributed by atoms with Gasteiger partial charge in [-0.3, -0.25) is 0 Å². The maximum absolute atomic E-state index is 9.75.